The average Bonchev–Trinajstić information content (AvgIpc) is 3.06. The van der Waals surface area contributed by atoms with Crippen LogP contribution >= 0.6 is 22.9 Å². The van der Waals surface area contributed by atoms with Gasteiger partial charge in [0.15, 0.2) is 0 Å². The highest BCUT2D eigenvalue weighted by molar-refractivity contribution is 7.17. The van der Waals surface area contributed by atoms with Crippen LogP contribution in [0.3, 0.4) is 0 Å². The molecule has 0 fully saturated rings. The second-order valence-corrected chi connectivity index (χ2v) is 7.65. The first kappa shape index (κ1) is 17.7. The van der Waals surface area contributed by atoms with Gasteiger partial charge < -0.3 is 10.3 Å². The summed E-state index contributed by atoms with van der Waals surface area (Å²) in [5.74, 6) is 0.713. The number of pyridine rings is 1. The third-order valence-corrected chi connectivity index (χ3v) is 5.59. The van der Waals surface area contributed by atoms with E-state index in [0.717, 1.165) is 32.6 Å². The molecule has 0 bridgehead atoms. The summed E-state index contributed by atoms with van der Waals surface area (Å²) in [7, 11) is 0. The van der Waals surface area contributed by atoms with Crippen molar-refractivity contribution in [2.45, 2.75) is 20.4 Å². The van der Waals surface area contributed by atoms with Gasteiger partial charge in [-0.05, 0) is 43.2 Å². The fourth-order valence-corrected chi connectivity index (χ4v) is 4.17. The van der Waals surface area contributed by atoms with Crippen LogP contribution in [-0.4, -0.2) is 15.0 Å². The van der Waals surface area contributed by atoms with Crippen LogP contribution in [0.1, 0.15) is 16.8 Å². The zero-order valence-electron chi connectivity index (χ0n) is 14.8. The van der Waals surface area contributed by atoms with E-state index in [4.69, 9.17) is 11.6 Å². The summed E-state index contributed by atoms with van der Waals surface area (Å²) in [4.78, 5) is 24.8. The fraction of sp³-hybridized carbons (Fsp3) is 0.150. The number of hydrogen-bond acceptors (Lipinski definition) is 5. The number of hydrogen-bond donors (Lipinski definition) is 2. The van der Waals surface area contributed by atoms with Gasteiger partial charge in [0.05, 0.1) is 5.39 Å². The molecular formula is C20H17ClN4OS. The van der Waals surface area contributed by atoms with Crippen molar-refractivity contribution >= 4 is 39.0 Å². The van der Waals surface area contributed by atoms with Crippen LogP contribution in [-0.2, 0) is 6.54 Å². The number of aromatic amines is 1. The van der Waals surface area contributed by atoms with Crippen molar-refractivity contribution in [2.75, 3.05) is 5.32 Å². The Morgan fingerprint density at radius 3 is 2.70 bits per heavy atom. The van der Waals surface area contributed by atoms with E-state index in [1.165, 1.54) is 0 Å². The van der Waals surface area contributed by atoms with Crippen molar-refractivity contribution in [2.24, 2.45) is 0 Å². The molecule has 0 atom stereocenters. The molecule has 136 valence electrons. The highest BCUT2D eigenvalue weighted by Crippen LogP contribution is 2.36. The third-order valence-electron chi connectivity index (χ3n) is 4.45. The van der Waals surface area contributed by atoms with Crippen molar-refractivity contribution in [1.82, 2.24) is 15.0 Å². The molecule has 5 nitrogen and oxygen atoms in total. The summed E-state index contributed by atoms with van der Waals surface area (Å²) in [5, 5.41) is 7.04. The Morgan fingerprint density at radius 1 is 1.19 bits per heavy atom. The van der Waals surface area contributed by atoms with Gasteiger partial charge in [0.2, 0.25) is 0 Å². The molecule has 1 aromatic carbocycles. The van der Waals surface area contributed by atoms with E-state index in [9.17, 15) is 4.79 Å². The Hall–Kier alpha value is -2.70. The second-order valence-electron chi connectivity index (χ2n) is 6.36. The smallest absolute Gasteiger partial charge is 0.253 e. The average molecular weight is 397 g/mol. The molecule has 3 heterocycles. The van der Waals surface area contributed by atoms with Crippen LogP contribution in [0.4, 0.5) is 5.82 Å². The maximum Gasteiger partial charge on any atom is 0.253 e. The number of thiophene rings is 1. The van der Waals surface area contributed by atoms with Crippen LogP contribution in [0.2, 0.25) is 5.02 Å². The predicted molar refractivity (Wildman–Crippen MR) is 112 cm³/mol. The van der Waals surface area contributed by atoms with Gasteiger partial charge in [-0.2, -0.15) is 0 Å². The van der Waals surface area contributed by atoms with Crippen LogP contribution < -0.4 is 10.9 Å². The van der Waals surface area contributed by atoms with Gasteiger partial charge in [0.1, 0.15) is 17.0 Å². The number of nitrogens with zero attached hydrogens (tertiary/aromatic N) is 2. The molecule has 4 aromatic rings. The Kier molecular flexibility index (Phi) is 4.68. The van der Waals surface area contributed by atoms with Crippen molar-refractivity contribution in [1.29, 1.82) is 0 Å². The van der Waals surface area contributed by atoms with E-state index in [0.29, 0.717) is 22.9 Å². The Bertz CT molecular complexity index is 1180. The van der Waals surface area contributed by atoms with Crippen LogP contribution in [0.25, 0.3) is 21.3 Å². The molecule has 0 aliphatic heterocycles. The standard InChI is InChI=1S/C20H17ClN4OS/c1-11-7-12(2)25-19(26)15(11)8-22-18-17-16(9-27-20(17)24-10-23-18)13-3-5-14(21)6-4-13/h3-7,9-10H,8H2,1-2H3,(H,25,26)(H,22,23,24). The number of aromatic nitrogens is 3. The van der Waals surface area contributed by atoms with E-state index in [2.05, 4.69) is 25.6 Å². The van der Waals surface area contributed by atoms with Crippen molar-refractivity contribution in [3.05, 3.63) is 74.2 Å². The fourth-order valence-electron chi connectivity index (χ4n) is 3.12. The summed E-state index contributed by atoms with van der Waals surface area (Å²) in [6.45, 7) is 4.21. The van der Waals surface area contributed by atoms with Gasteiger partial charge in [-0.3, -0.25) is 4.79 Å². The molecule has 0 amide bonds. The van der Waals surface area contributed by atoms with E-state index in [1.807, 2.05) is 44.2 Å². The lowest BCUT2D eigenvalue weighted by Gasteiger charge is -2.10. The van der Waals surface area contributed by atoms with Crippen LogP contribution in [0, 0.1) is 13.8 Å². The molecule has 0 radical (unpaired) electrons. The monoisotopic (exact) mass is 396 g/mol. The number of rotatable bonds is 4. The summed E-state index contributed by atoms with van der Waals surface area (Å²) in [5.41, 5.74) is 4.53. The largest absolute Gasteiger partial charge is 0.365 e. The number of H-pyrrole nitrogens is 1. The lowest BCUT2D eigenvalue weighted by Crippen LogP contribution is -2.18. The van der Waals surface area contributed by atoms with Crippen molar-refractivity contribution in [3.8, 4) is 11.1 Å². The Morgan fingerprint density at radius 2 is 1.96 bits per heavy atom. The third kappa shape index (κ3) is 3.46. The molecule has 2 N–H and O–H groups in total. The van der Waals surface area contributed by atoms with Gasteiger partial charge >= 0.3 is 0 Å². The van der Waals surface area contributed by atoms with E-state index < -0.39 is 0 Å². The van der Waals surface area contributed by atoms with E-state index in [1.54, 1.807) is 17.7 Å². The SMILES string of the molecule is Cc1cc(C)c(CNc2ncnc3scc(-c4ccc(Cl)cc4)c23)c(=O)[nH]1. The van der Waals surface area contributed by atoms with Crippen molar-refractivity contribution < 1.29 is 0 Å². The summed E-state index contributed by atoms with van der Waals surface area (Å²) in [6.07, 6.45) is 1.54. The zero-order valence-corrected chi connectivity index (χ0v) is 16.4. The number of benzene rings is 1. The molecular weight excluding hydrogens is 380 g/mol. The van der Waals surface area contributed by atoms with Crippen LogP contribution in [0.5, 0.6) is 0 Å². The molecule has 4 rings (SSSR count). The van der Waals surface area contributed by atoms with E-state index >= 15 is 0 Å². The highest BCUT2D eigenvalue weighted by atomic mass is 35.5. The van der Waals surface area contributed by atoms with Crippen molar-refractivity contribution in [3.63, 3.8) is 0 Å². The van der Waals surface area contributed by atoms with Gasteiger partial charge in [0, 0.05) is 33.8 Å². The maximum atomic E-state index is 12.3. The lowest BCUT2D eigenvalue weighted by molar-refractivity contribution is 1.00. The first-order valence-electron chi connectivity index (χ1n) is 8.44. The summed E-state index contributed by atoms with van der Waals surface area (Å²) in [6, 6.07) is 9.67. The number of halogens is 1. The second kappa shape index (κ2) is 7.13. The first-order chi connectivity index (χ1) is 13.0. The molecule has 0 unspecified atom stereocenters. The molecule has 3 aromatic heterocycles. The highest BCUT2D eigenvalue weighted by Gasteiger charge is 2.14. The molecule has 0 aliphatic rings. The maximum absolute atomic E-state index is 12.3. The minimum atomic E-state index is -0.0754. The Labute approximate surface area is 165 Å². The van der Waals surface area contributed by atoms with Crippen LogP contribution in [0.15, 0.2) is 46.8 Å². The van der Waals surface area contributed by atoms with Gasteiger partial charge in [-0.1, -0.05) is 23.7 Å². The first-order valence-corrected chi connectivity index (χ1v) is 9.70. The molecule has 0 spiro atoms. The minimum absolute atomic E-state index is 0.0754. The number of nitrogens with one attached hydrogen (secondary N) is 2. The summed E-state index contributed by atoms with van der Waals surface area (Å²) >= 11 is 7.58. The van der Waals surface area contributed by atoms with Gasteiger partial charge in [-0.15, -0.1) is 11.3 Å². The molecule has 7 heteroatoms. The molecule has 0 aliphatic carbocycles. The topological polar surface area (TPSA) is 70.7 Å². The zero-order chi connectivity index (χ0) is 19.0. The van der Waals surface area contributed by atoms with Gasteiger partial charge in [0.25, 0.3) is 5.56 Å². The molecule has 0 saturated heterocycles. The quantitative estimate of drug-likeness (QED) is 0.513. The lowest BCUT2D eigenvalue weighted by atomic mass is 10.1. The Balaban J connectivity index is 1.73. The number of fused-ring (bicyclic) bond motifs is 1. The summed E-state index contributed by atoms with van der Waals surface area (Å²) < 4.78 is 0. The van der Waals surface area contributed by atoms with E-state index in [-0.39, 0.29) is 5.56 Å². The molecule has 27 heavy (non-hydrogen) atoms. The molecule has 0 saturated carbocycles. The normalized spacial score (nSPS) is 11.1. The van der Waals surface area contributed by atoms with Gasteiger partial charge in [-0.25, -0.2) is 9.97 Å². The minimum Gasteiger partial charge on any atom is -0.365 e. The number of anilines is 1. The predicted octanol–water partition coefficient (Wildman–Crippen LogP) is 4.93. The number of aryl methyl sites for hydroxylation is 2.